The van der Waals surface area contributed by atoms with Crippen LogP contribution in [0.4, 0.5) is 13.2 Å². The quantitative estimate of drug-likeness (QED) is 0.622. The summed E-state index contributed by atoms with van der Waals surface area (Å²) >= 11 is 0. The lowest BCUT2D eigenvalue weighted by molar-refractivity contribution is -0.137. The van der Waals surface area contributed by atoms with E-state index in [9.17, 15) is 26.4 Å². The van der Waals surface area contributed by atoms with E-state index in [4.69, 9.17) is 4.74 Å². The summed E-state index contributed by atoms with van der Waals surface area (Å²) in [4.78, 5) is 12.6. The zero-order valence-electron chi connectivity index (χ0n) is 18.6. The second-order valence-electron chi connectivity index (χ2n) is 7.68. The van der Waals surface area contributed by atoms with E-state index in [0.717, 1.165) is 12.1 Å². The number of sulfonamides is 1. The van der Waals surface area contributed by atoms with Gasteiger partial charge in [0, 0.05) is 24.6 Å². The van der Waals surface area contributed by atoms with Crippen molar-refractivity contribution in [3.05, 3.63) is 59.7 Å². The summed E-state index contributed by atoms with van der Waals surface area (Å²) in [6, 6.07) is 10.9. The van der Waals surface area contributed by atoms with Gasteiger partial charge in [-0.25, -0.2) is 8.42 Å². The second kappa shape index (κ2) is 10.9. The number of benzene rings is 2. The molecule has 182 valence electrons. The normalized spacial score (nSPS) is 15.3. The molecule has 1 aliphatic heterocycles. The Balaban J connectivity index is 1.50. The van der Waals surface area contributed by atoms with Gasteiger partial charge in [0.25, 0.3) is 0 Å². The van der Waals surface area contributed by atoms with Gasteiger partial charge in [0.15, 0.2) is 0 Å². The van der Waals surface area contributed by atoms with Gasteiger partial charge in [-0.1, -0.05) is 17.9 Å². The molecular formula is C24H25F3N2O4S. The third-order valence-corrected chi connectivity index (χ3v) is 7.28. The molecule has 3 rings (SSSR count). The van der Waals surface area contributed by atoms with Crippen LogP contribution in [0.5, 0.6) is 5.75 Å². The molecule has 34 heavy (non-hydrogen) atoms. The van der Waals surface area contributed by atoms with Crippen LogP contribution in [0.3, 0.4) is 0 Å². The van der Waals surface area contributed by atoms with E-state index in [1.807, 2.05) is 6.92 Å². The number of ether oxygens (including phenoxy) is 1. The molecule has 0 unspecified atom stereocenters. The first-order valence-corrected chi connectivity index (χ1v) is 12.2. The number of hydrogen-bond acceptors (Lipinski definition) is 4. The van der Waals surface area contributed by atoms with Crippen molar-refractivity contribution in [1.82, 2.24) is 9.62 Å². The zero-order chi connectivity index (χ0) is 24.8. The topological polar surface area (TPSA) is 75.7 Å². The predicted molar refractivity (Wildman–Crippen MR) is 120 cm³/mol. The molecule has 0 spiro atoms. The molecule has 0 atom stereocenters. The van der Waals surface area contributed by atoms with Crippen LogP contribution < -0.4 is 10.1 Å². The molecule has 1 aliphatic rings. The number of carbonyl (C=O) groups excluding carboxylic acids is 1. The Kier molecular flexibility index (Phi) is 8.23. The Labute approximate surface area is 197 Å². The predicted octanol–water partition coefficient (Wildman–Crippen LogP) is 3.67. The van der Waals surface area contributed by atoms with E-state index < -0.39 is 21.8 Å². The maximum Gasteiger partial charge on any atom is 0.416 e. The highest BCUT2D eigenvalue weighted by Gasteiger charge is 2.32. The third-order valence-electron chi connectivity index (χ3n) is 5.37. The number of nitrogens with zero attached hydrogens (tertiary/aromatic N) is 1. The van der Waals surface area contributed by atoms with Crippen molar-refractivity contribution in [2.75, 3.05) is 26.2 Å². The van der Waals surface area contributed by atoms with Gasteiger partial charge in [-0.2, -0.15) is 17.5 Å². The second-order valence-corrected chi connectivity index (χ2v) is 9.62. The smallest absolute Gasteiger partial charge is 0.416 e. The largest absolute Gasteiger partial charge is 0.494 e. The molecule has 10 heteroatoms. The minimum Gasteiger partial charge on any atom is -0.494 e. The van der Waals surface area contributed by atoms with Gasteiger partial charge in [-0.3, -0.25) is 4.79 Å². The Morgan fingerprint density at radius 2 is 1.82 bits per heavy atom. The van der Waals surface area contributed by atoms with E-state index in [0.29, 0.717) is 25.2 Å². The average Bonchev–Trinajstić information content (AvgIpc) is 2.82. The van der Waals surface area contributed by atoms with Crippen molar-refractivity contribution in [1.29, 1.82) is 0 Å². The molecule has 0 radical (unpaired) electrons. The molecule has 0 aromatic heterocycles. The number of rotatable bonds is 6. The maximum atomic E-state index is 12.9. The van der Waals surface area contributed by atoms with E-state index in [-0.39, 0.29) is 41.9 Å². The number of piperidine rings is 1. The molecule has 1 saturated heterocycles. The van der Waals surface area contributed by atoms with Gasteiger partial charge in [0.1, 0.15) is 5.75 Å². The summed E-state index contributed by atoms with van der Waals surface area (Å²) < 4.78 is 70.7. The lowest BCUT2D eigenvalue weighted by Crippen LogP contribution is -2.43. The SMILES string of the molecule is CCOc1ccc(S(=O)(=O)N2CCC(C(=O)NCC#Cc3cccc(C(F)(F)F)c3)CC2)cc1. The highest BCUT2D eigenvalue weighted by molar-refractivity contribution is 7.89. The number of hydrogen-bond donors (Lipinski definition) is 1. The lowest BCUT2D eigenvalue weighted by atomic mass is 9.97. The van der Waals surface area contributed by atoms with Crippen LogP contribution in [-0.2, 0) is 21.0 Å². The van der Waals surface area contributed by atoms with E-state index in [1.165, 1.54) is 28.6 Å². The molecule has 1 N–H and O–H groups in total. The van der Waals surface area contributed by atoms with E-state index in [2.05, 4.69) is 17.2 Å². The monoisotopic (exact) mass is 494 g/mol. The van der Waals surface area contributed by atoms with Crippen LogP contribution in [0.25, 0.3) is 0 Å². The van der Waals surface area contributed by atoms with Crippen LogP contribution in [0.2, 0.25) is 0 Å². The summed E-state index contributed by atoms with van der Waals surface area (Å²) in [5.41, 5.74) is -0.577. The van der Waals surface area contributed by atoms with Gasteiger partial charge in [-0.05, 0) is 62.2 Å². The third kappa shape index (κ3) is 6.52. The highest BCUT2D eigenvalue weighted by atomic mass is 32.2. The summed E-state index contributed by atoms with van der Waals surface area (Å²) in [5.74, 6) is 5.24. The van der Waals surface area contributed by atoms with Crippen molar-refractivity contribution in [3.8, 4) is 17.6 Å². The summed E-state index contributed by atoms with van der Waals surface area (Å²) in [6.07, 6.45) is -3.71. The van der Waals surface area contributed by atoms with Crippen molar-refractivity contribution >= 4 is 15.9 Å². The highest BCUT2D eigenvalue weighted by Crippen LogP contribution is 2.29. The fourth-order valence-corrected chi connectivity index (χ4v) is 5.05. The van der Waals surface area contributed by atoms with Gasteiger partial charge in [-0.15, -0.1) is 0 Å². The Morgan fingerprint density at radius 3 is 2.44 bits per heavy atom. The first-order valence-electron chi connectivity index (χ1n) is 10.8. The van der Waals surface area contributed by atoms with E-state index >= 15 is 0 Å². The van der Waals surface area contributed by atoms with Gasteiger partial charge in [0.2, 0.25) is 15.9 Å². The Hall–Kier alpha value is -3.03. The van der Waals surface area contributed by atoms with Gasteiger partial charge < -0.3 is 10.1 Å². The van der Waals surface area contributed by atoms with Crippen LogP contribution in [0, 0.1) is 17.8 Å². The Morgan fingerprint density at radius 1 is 1.15 bits per heavy atom. The molecule has 2 aromatic rings. The molecule has 1 fully saturated rings. The summed E-state index contributed by atoms with van der Waals surface area (Å²) in [7, 11) is -3.66. The molecule has 2 aromatic carbocycles. The number of nitrogens with one attached hydrogen (secondary N) is 1. The minimum atomic E-state index is -4.44. The first-order chi connectivity index (χ1) is 16.1. The standard InChI is InChI=1S/C24H25F3N2O4S/c1-2-33-21-8-10-22(11-9-21)34(31,32)29-15-12-19(13-16-29)23(30)28-14-4-6-18-5-3-7-20(17-18)24(25,26)27/h3,5,7-11,17,19H,2,12-16H2,1H3,(H,28,30). The molecule has 6 nitrogen and oxygen atoms in total. The molecule has 0 aliphatic carbocycles. The number of carbonyl (C=O) groups is 1. The van der Waals surface area contributed by atoms with Crippen LogP contribution in [-0.4, -0.2) is 44.9 Å². The fourth-order valence-electron chi connectivity index (χ4n) is 3.58. The molecule has 1 amide bonds. The minimum absolute atomic E-state index is 0.0141. The fraction of sp³-hybridized carbons (Fsp3) is 0.375. The maximum absolute atomic E-state index is 12.9. The van der Waals surface area contributed by atoms with Crippen LogP contribution >= 0.6 is 0 Å². The van der Waals surface area contributed by atoms with Crippen molar-refractivity contribution in [2.24, 2.45) is 5.92 Å². The van der Waals surface area contributed by atoms with Crippen molar-refractivity contribution in [2.45, 2.75) is 30.8 Å². The van der Waals surface area contributed by atoms with E-state index in [1.54, 1.807) is 12.1 Å². The number of halogens is 3. The molecule has 0 bridgehead atoms. The van der Waals surface area contributed by atoms with Crippen LogP contribution in [0.15, 0.2) is 53.4 Å². The molecule has 1 heterocycles. The summed E-state index contributed by atoms with van der Waals surface area (Å²) in [6.45, 7) is 2.74. The van der Waals surface area contributed by atoms with Crippen molar-refractivity contribution in [3.63, 3.8) is 0 Å². The lowest BCUT2D eigenvalue weighted by Gasteiger charge is -2.30. The molecular weight excluding hydrogens is 469 g/mol. The Bertz CT molecular complexity index is 1160. The number of amides is 1. The van der Waals surface area contributed by atoms with Crippen molar-refractivity contribution < 1.29 is 31.1 Å². The van der Waals surface area contributed by atoms with Gasteiger partial charge >= 0.3 is 6.18 Å². The number of alkyl halides is 3. The summed E-state index contributed by atoms with van der Waals surface area (Å²) in [5, 5.41) is 2.65. The first kappa shape index (κ1) is 25.6. The van der Waals surface area contributed by atoms with Gasteiger partial charge in [0.05, 0.1) is 23.6 Å². The average molecular weight is 495 g/mol. The zero-order valence-corrected chi connectivity index (χ0v) is 19.4. The van der Waals surface area contributed by atoms with Crippen LogP contribution in [0.1, 0.15) is 30.9 Å². The molecule has 0 saturated carbocycles.